The molecule has 4 rings (SSSR count). The molecule has 2 aromatic heterocycles. The Hall–Kier alpha value is -2.44. The Morgan fingerprint density at radius 1 is 1.19 bits per heavy atom. The van der Waals surface area contributed by atoms with Gasteiger partial charge in [0.1, 0.15) is 5.69 Å². The van der Waals surface area contributed by atoms with Crippen LogP contribution < -0.4 is 0 Å². The lowest BCUT2D eigenvalue weighted by atomic mass is 9.95. The zero-order valence-corrected chi connectivity index (χ0v) is 14.8. The van der Waals surface area contributed by atoms with Crippen molar-refractivity contribution in [3.05, 3.63) is 60.1 Å². The summed E-state index contributed by atoms with van der Waals surface area (Å²) in [7, 11) is 0. The van der Waals surface area contributed by atoms with E-state index < -0.39 is 0 Å². The highest BCUT2D eigenvalue weighted by Gasteiger charge is 2.24. The summed E-state index contributed by atoms with van der Waals surface area (Å²) in [6.07, 6.45) is 4.25. The van der Waals surface area contributed by atoms with Gasteiger partial charge in [0.2, 0.25) is 0 Å². The van der Waals surface area contributed by atoms with E-state index >= 15 is 0 Å². The maximum absolute atomic E-state index is 9.04. The van der Waals surface area contributed by atoms with Gasteiger partial charge in [0.05, 0.1) is 25.4 Å². The lowest BCUT2D eigenvalue weighted by molar-refractivity contribution is 0.178. The van der Waals surface area contributed by atoms with Gasteiger partial charge in [-0.25, -0.2) is 0 Å². The highest BCUT2D eigenvalue weighted by Crippen LogP contribution is 2.27. The van der Waals surface area contributed by atoms with E-state index in [-0.39, 0.29) is 6.61 Å². The van der Waals surface area contributed by atoms with Crippen molar-refractivity contribution in [2.45, 2.75) is 31.8 Å². The van der Waals surface area contributed by atoms with Crippen LogP contribution in [0.3, 0.4) is 0 Å². The second kappa shape index (κ2) is 7.85. The molecule has 1 aliphatic rings. The van der Waals surface area contributed by atoms with E-state index in [4.69, 9.17) is 9.63 Å². The monoisotopic (exact) mass is 352 g/mol. The van der Waals surface area contributed by atoms with E-state index in [0.717, 1.165) is 55.2 Å². The first-order chi connectivity index (χ1) is 12.8. The Morgan fingerprint density at radius 3 is 2.92 bits per heavy atom. The van der Waals surface area contributed by atoms with Crippen LogP contribution in [0.25, 0.3) is 11.3 Å². The third-order valence-corrected chi connectivity index (χ3v) is 4.92. The van der Waals surface area contributed by atoms with Crippen molar-refractivity contribution in [3.63, 3.8) is 0 Å². The average molecular weight is 352 g/mol. The summed E-state index contributed by atoms with van der Waals surface area (Å²) < 4.78 is 7.38. The van der Waals surface area contributed by atoms with Crippen molar-refractivity contribution in [3.8, 4) is 11.3 Å². The van der Waals surface area contributed by atoms with E-state index in [9.17, 15) is 0 Å². The second-order valence-corrected chi connectivity index (χ2v) is 6.85. The molecule has 6 nitrogen and oxygen atoms in total. The molecule has 1 aliphatic heterocycles. The molecular weight excluding hydrogens is 328 g/mol. The first-order valence-electron chi connectivity index (χ1n) is 9.19. The summed E-state index contributed by atoms with van der Waals surface area (Å²) in [6.45, 7) is 3.48. The fourth-order valence-electron chi connectivity index (χ4n) is 3.62. The molecule has 136 valence electrons. The lowest BCUT2D eigenvalue weighted by Crippen LogP contribution is -2.34. The highest BCUT2D eigenvalue weighted by molar-refractivity contribution is 5.58. The Kier molecular flexibility index (Phi) is 5.13. The summed E-state index contributed by atoms with van der Waals surface area (Å²) in [5.74, 6) is 1.33. The zero-order valence-electron chi connectivity index (χ0n) is 14.8. The van der Waals surface area contributed by atoms with E-state index in [1.54, 1.807) is 0 Å². The number of aliphatic hydroxyl groups is 1. The molecule has 1 fully saturated rings. The Balaban J connectivity index is 1.40. The van der Waals surface area contributed by atoms with Crippen molar-refractivity contribution in [1.82, 2.24) is 19.8 Å². The van der Waals surface area contributed by atoms with Gasteiger partial charge >= 0.3 is 0 Å². The van der Waals surface area contributed by atoms with Gasteiger partial charge in [0.15, 0.2) is 5.76 Å². The molecule has 6 heteroatoms. The number of hydrogen-bond donors (Lipinski definition) is 1. The molecule has 0 unspecified atom stereocenters. The summed E-state index contributed by atoms with van der Waals surface area (Å²) in [6, 6.07) is 14.2. The van der Waals surface area contributed by atoms with E-state index in [0.29, 0.717) is 12.5 Å². The van der Waals surface area contributed by atoms with E-state index in [2.05, 4.69) is 21.2 Å². The predicted octanol–water partition coefficient (Wildman–Crippen LogP) is 2.91. The number of rotatable bonds is 6. The minimum Gasteiger partial charge on any atom is -0.394 e. The Bertz CT molecular complexity index is 827. The zero-order chi connectivity index (χ0) is 17.8. The van der Waals surface area contributed by atoms with Gasteiger partial charge in [-0.1, -0.05) is 35.5 Å². The van der Waals surface area contributed by atoms with Crippen LogP contribution >= 0.6 is 0 Å². The normalized spacial score (nSPS) is 18.3. The summed E-state index contributed by atoms with van der Waals surface area (Å²) in [4.78, 5) is 2.41. The fourth-order valence-corrected chi connectivity index (χ4v) is 3.62. The quantitative estimate of drug-likeness (QED) is 0.739. The van der Waals surface area contributed by atoms with Crippen LogP contribution in [0.1, 0.15) is 30.2 Å². The topological polar surface area (TPSA) is 67.3 Å². The van der Waals surface area contributed by atoms with Crippen LogP contribution in [0, 0.1) is 0 Å². The largest absolute Gasteiger partial charge is 0.394 e. The minimum atomic E-state index is 0.118. The molecule has 1 N–H and O–H groups in total. The summed E-state index contributed by atoms with van der Waals surface area (Å²) >= 11 is 0. The molecule has 0 amide bonds. The van der Waals surface area contributed by atoms with E-state index in [1.807, 2.05) is 47.3 Å². The first kappa shape index (κ1) is 17.0. The van der Waals surface area contributed by atoms with Crippen molar-refractivity contribution in [2.24, 2.45) is 0 Å². The summed E-state index contributed by atoms with van der Waals surface area (Å²) in [5, 5.41) is 17.9. The molecular formula is C20H24N4O2. The molecule has 1 atom stereocenters. The van der Waals surface area contributed by atoms with Crippen LogP contribution in [-0.4, -0.2) is 44.6 Å². The van der Waals surface area contributed by atoms with Crippen LogP contribution in [0.2, 0.25) is 0 Å². The third-order valence-electron chi connectivity index (χ3n) is 4.92. The number of hydrogen-bond acceptors (Lipinski definition) is 5. The SMILES string of the molecule is OCCn1ccc([C@@H]2CCCN(Cc3cc(-c4ccccc4)no3)C2)n1. The van der Waals surface area contributed by atoms with Crippen molar-refractivity contribution < 1.29 is 9.63 Å². The molecule has 3 heterocycles. The van der Waals surface area contributed by atoms with Crippen LogP contribution in [0.5, 0.6) is 0 Å². The van der Waals surface area contributed by atoms with Gasteiger partial charge in [-0.15, -0.1) is 0 Å². The van der Waals surface area contributed by atoms with Gasteiger partial charge in [-0.2, -0.15) is 5.10 Å². The van der Waals surface area contributed by atoms with Crippen LogP contribution in [-0.2, 0) is 13.1 Å². The molecule has 0 bridgehead atoms. The maximum Gasteiger partial charge on any atom is 0.151 e. The molecule has 0 aliphatic carbocycles. The van der Waals surface area contributed by atoms with Gasteiger partial charge in [-0.05, 0) is 25.5 Å². The van der Waals surface area contributed by atoms with E-state index in [1.165, 1.54) is 0 Å². The number of piperidine rings is 1. The molecule has 3 aromatic rings. The molecule has 0 spiro atoms. The van der Waals surface area contributed by atoms with Crippen LogP contribution in [0.15, 0.2) is 53.2 Å². The molecule has 26 heavy (non-hydrogen) atoms. The van der Waals surface area contributed by atoms with Crippen molar-refractivity contribution >= 4 is 0 Å². The average Bonchev–Trinajstić information content (AvgIpc) is 3.33. The first-order valence-corrected chi connectivity index (χ1v) is 9.19. The highest BCUT2D eigenvalue weighted by atomic mass is 16.5. The molecule has 1 aromatic carbocycles. The standard InChI is InChI=1S/C20H24N4O2/c25-12-11-24-10-8-19(21-24)17-7-4-9-23(14-17)15-18-13-20(22-26-18)16-5-2-1-3-6-16/h1-3,5-6,8,10,13,17,25H,4,7,9,11-12,14-15H2/t17-/m1/s1. The fraction of sp³-hybridized carbons (Fsp3) is 0.400. The number of aliphatic hydroxyl groups excluding tert-OH is 1. The third kappa shape index (κ3) is 3.86. The number of likely N-dealkylation sites (tertiary alicyclic amines) is 1. The van der Waals surface area contributed by atoms with Gasteiger partial charge in [0, 0.05) is 30.3 Å². The van der Waals surface area contributed by atoms with Crippen LogP contribution in [0.4, 0.5) is 0 Å². The van der Waals surface area contributed by atoms with Gasteiger partial charge in [0.25, 0.3) is 0 Å². The van der Waals surface area contributed by atoms with Gasteiger partial charge < -0.3 is 9.63 Å². The number of aromatic nitrogens is 3. The number of nitrogens with zero attached hydrogens (tertiary/aromatic N) is 4. The van der Waals surface area contributed by atoms with Gasteiger partial charge in [-0.3, -0.25) is 9.58 Å². The number of benzene rings is 1. The second-order valence-electron chi connectivity index (χ2n) is 6.85. The lowest BCUT2D eigenvalue weighted by Gasteiger charge is -2.31. The van der Waals surface area contributed by atoms with Crippen molar-refractivity contribution in [2.75, 3.05) is 19.7 Å². The molecule has 0 radical (unpaired) electrons. The Morgan fingerprint density at radius 2 is 2.08 bits per heavy atom. The summed E-state index contributed by atoms with van der Waals surface area (Å²) in [5.41, 5.74) is 3.08. The molecule has 1 saturated heterocycles. The Labute approximate surface area is 153 Å². The predicted molar refractivity (Wildman–Crippen MR) is 98.5 cm³/mol. The maximum atomic E-state index is 9.04. The smallest absolute Gasteiger partial charge is 0.151 e. The van der Waals surface area contributed by atoms with Crippen molar-refractivity contribution in [1.29, 1.82) is 0 Å². The molecule has 0 saturated carbocycles. The minimum absolute atomic E-state index is 0.118.